The highest BCUT2D eigenvalue weighted by Crippen LogP contribution is 2.12. The van der Waals surface area contributed by atoms with Gasteiger partial charge in [0.1, 0.15) is 5.75 Å². The number of rotatable bonds is 4. The lowest BCUT2D eigenvalue weighted by Crippen LogP contribution is -2.48. The predicted octanol–water partition coefficient (Wildman–Crippen LogP) is -0.292. The minimum absolute atomic E-state index is 0.0387. The standard InChI is InChI=1S/C12H17N3O4S/c16-10-3-1-9(2-4-10)12(17)14-15-20(18,19)11-5-7-13-8-6-11/h1-4,11,13,15-16H,5-8H2,(H,14,17). The summed E-state index contributed by atoms with van der Waals surface area (Å²) in [6.07, 6.45) is 1.04. The van der Waals surface area contributed by atoms with Crippen molar-refractivity contribution in [3.05, 3.63) is 29.8 Å². The van der Waals surface area contributed by atoms with E-state index in [1.165, 1.54) is 24.3 Å². The molecule has 0 saturated carbocycles. The van der Waals surface area contributed by atoms with Crippen LogP contribution in [-0.2, 0) is 10.0 Å². The average molecular weight is 299 g/mol. The topological polar surface area (TPSA) is 108 Å². The number of carbonyl (C=O) groups is 1. The van der Waals surface area contributed by atoms with Crippen molar-refractivity contribution in [1.82, 2.24) is 15.6 Å². The van der Waals surface area contributed by atoms with Crippen LogP contribution < -0.4 is 15.6 Å². The van der Waals surface area contributed by atoms with E-state index >= 15 is 0 Å². The number of sulfonamides is 1. The highest BCUT2D eigenvalue weighted by molar-refractivity contribution is 7.90. The van der Waals surface area contributed by atoms with Crippen LogP contribution in [0.15, 0.2) is 24.3 Å². The van der Waals surface area contributed by atoms with Gasteiger partial charge in [0.15, 0.2) is 0 Å². The molecular formula is C12H17N3O4S. The Hall–Kier alpha value is -1.64. The van der Waals surface area contributed by atoms with Crippen LogP contribution in [0.1, 0.15) is 23.2 Å². The van der Waals surface area contributed by atoms with Crippen molar-refractivity contribution in [2.24, 2.45) is 0 Å². The summed E-state index contributed by atoms with van der Waals surface area (Å²) in [7, 11) is -3.57. The van der Waals surface area contributed by atoms with Crippen molar-refractivity contribution in [3.63, 3.8) is 0 Å². The first-order chi connectivity index (χ1) is 9.49. The van der Waals surface area contributed by atoms with Crippen molar-refractivity contribution >= 4 is 15.9 Å². The van der Waals surface area contributed by atoms with Gasteiger partial charge in [0.25, 0.3) is 5.91 Å². The molecule has 7 nitrogen and oxygen atoms in total. The third kappa shape index (κ3) is 3.69. The summed E-state index contributed by atoms with van der Waals surface area (Å²) in [6.45, 7) is 1.30. The number of aromatic hydroxyl groups is 1. The van der Waals surface area contributed by atoms with Crippen LogP contribution in [0.5, 0.6) is 5.75 Å². The van der Waals surface area contributed by atoms with Crippen LogP contribution in [0.2, 0.25) is 0 Å². The molecule has 1 heterocycles. The van der Waals surface area contributed by atoms with Crippen molar-refractivity contribution in [1.29, 1.82) is 0 Å². The van der Waals surface area contributed by atoms with Gasteiger partial charge in [0, 0.05) is 5.56 Å². The molecule has 8 heteroatoms. The fourth-order valence-electron chi connectivity index (χ4n) is 1.99. The molecule has 4 N–H and O–H groups in total. The second-order valence-electron chi connectivity index (χ2n) is 4.60. The van der Waals surface area contributed by atoms with E-state index in [0.717, 1.165) is 0 Å². The summed E-state index contributed by atoms with van der Waals surface area (Å²) >= 11 is 0. The lowest BCUT2D eigenvalue weighted by atomic mass is 10.2. The van der Waals surface area contributed by atoms with E-state index < -0.39 is 21.2 Å². The zero-order valence-corrected chi connectivity index (χ0v) is 11.6. The number of hydrogen-bond donors (Lipinski definition) is 4. The first-order valence-electron chi connectivity index (χ1n) is 6.30. The second kappa shape index (κ2) is 6.21. The summed E-state index contributed by atoms with van der Waals surface area (Å²) in [5, 5.41) is 11.7. The predicted molar refractivity (Wildman–Crippen MR) is 73.5 cm³/mol. The summed E-state index contributed by atoms with van der Waals surface area (Å²) in [5.41, 5.74) is 2.44. The Kier molecular flexibility index (Phi) is 4.58. The van der Waals surface area contributed by atoms with E-state index in [2.05, 4.69) is 15.6 Å². The van der Waals surface area contributed by atoms with Crippen molar-refractivity contribution in [3.8, 4) is 5.75 Å². The maximum absolute atomic E-state index is 12.0. The van der Waals surface area contributed by atoms with Crippen molar-refractivity contribution < 1.29 is 18.3 Å². The number of amides is 1. The molecule has 0 spiro atoms. The largest absolute Gasteiger partial charge is 0.508 e. The van der Waals surface area contributed by atoms with Gasteiger partial charge in [0.05, 0.1) is 5.25 Å². The Morgan fingerprint density at radius 3 is 2.40 bits per heavy atom. The lowest BCUT2D eigenvalue weighted by Gasteiger charge is -2.22. The molecule has 1 aliphatic heterocycles. The maximum Gasteiger partial charge on any atom is 0.266 e. The number of carbonyl (C=O) groups excluding carboxylic acids is 1. The number of hydrazine groups is 1. The molecule has 0 atom stereocenters. The smallest absolute Gasteiger partial charge is 0.266 e. The first kappa shape index (κ1) is 14.8. The third-order valence-electron chi connectivity index (χ3n) is 3.16. The van der Waals surface area contributed by atoms with Gasteiger partial charge in [-0.05, 0) is 50.2 Å². The van der Waals surface area contributed by atoms with E-state index in [4.69, 9.17) is 5.11 Å². The van der Waals surface area contributed by atoms with Crippen molar-refractivity contribution in [2.75, 3.05) is 13.1 Å². The molecule has 0 bridgehead atoms. The zero-order valence-electron chi connectivity index (χ0n) is 10.8. The van der Waals surface area contributed by atoms with Crippen LogP contribution in [0.4, 0.5) is 0 Å². The Bertz CT molecular complexity index is 565. The van der Waals surface area contributed by atoms with Gasteiger partial charge < -0.3 is 10.4 Å². The number of phenols is 1. The van der Waals surface area contributed by atoms with E-state index in [-0.39, 0.29) is 11.3 Å². The number of nitrogens with one attached hydrogen (secondary N) is 3. The first-order valence-corrected chi connectivity index (χ1v) is 7.84. The molecule has 1 fully saturated rings. The van der Waals surface area contributed by atoms with Gasteiger partial charge in [-0.25, -0.2) is 8.42 Å². The highest BCUT2D eigenvalue weighted by atomic mass is 32.2. The quantitative estimate of drug-likeness (QED) is 0.571. The Labute approximate surface area is 117 Å². The molecule has 0 aromatic heterocycles. The average Bonchev–Trinajstić information content (AvgIpc) is 2.46. The molecule has 1 saturated heterocycles. The van der Waals surface area contributed by atoms with Gasteiger partial charge in [-0.3, -0.25) is 10.2 Å². The van der Waals surface area contributed by atoms with Crippen LogP contribution in [0, 0.1) is 0 Å². The zero-order chi connectivity index (χ0) is 14.6. The molecule has 110 valence electrons. The van der Waals surface area contributed by atoms with Gasteiger partial charge in [0.2, 0.25) is 10.0 Å². The lowest BCUT2D eigenvalue weighted by molar-refractivity contribution is 0.0945. The van der Waals surface area contributed by atoms with E-state index in [9.17, 15) is 13.2 Å². The summed E-state index contributed by atoms with van der Waals surface area (Å²) < 4.78 is 24.0. The normalized spacial score (nSPS) is 16.8. The minimum Gasteiger partial charge on any atom is -0.508 e. The molecule has 20 heavy (non-hydrogen) atoms. The fraction of sp³-hybridized carbons (Fsp3) is 0.417. The number of benzene rings is 1. The van der Waals surface area contributed by atoms with E-state index in [1.54, 1.807) is 0 Å². The van der Waals surface area contributed by atoms with Gasteiger partial charge in [-0.1, -0.05) is 0 Å². The molecule has 0 aliphatic carbocycles. The second-order valence-corrected chi connectivity index (χ2v) is 6.56. The maximum atomic E-state index is 12.0. The number of phenolic OH excluding ortho intramolecular Hbond substituents is 1. The number of hydrogen-bond acceptors (Lipinski definition) is 5. The Morgan fingerprint density at radius 2 is 1.80 bits per heavy atom. The summed E-state index contributed by atoms with van der Waals surface area (Å²) in [5.74, 6) is -0.528. The summed E-state index contributed by atoms with van der Waals surface area (Å²) in [4.78, 5) is 13.9. The molecule has 1 aromatic carbocycles. The van der Waals surface area contributed by atoms with Gasteiger partial charge in [-0.15, -0.1) is 4.83 Å². The van der Waals surface area contributed by atoms with Crippen LogP contribution in [0.3, 0.4) is 0 Å². The minimum atomic E-state index is -3.57. The molecule has 1 amide bonds. The molecule has 1 aromatic rings. The molecule has 0 radical (unpaired) electrons. The summed E-state index contributed by atoms with van der Waals surface area (Å²) in [6, 6.07) is 5.53. The van der Waals surface area contributed by atoms with Crippen LogP contribution >= 0.6 is 0 Å². The molecular weight excluding hydrogens is 282 g/mol. The van der Waals surface area contributed by atoms with E-state index in [0.29, 0.717) is 25.9 Å². The highest BCUT2D eigenvalue weighted by Gasteiger charge is 2.27. The molecule has 1 aliphatic rings. The fourth-order valence-corrected chi connectivity index (χ4v) is 3.25. The molecule has 0 unspecified atom stereocenters. The van der Waals surface area contributed by atoms with Gasteiger partial charge in [-0.2, -0.15) is 0 Å². The Morgan fingerprint density at radius 1 is 1.20 bits per heavy atom. The third-order valence-corrected chi connectivity index (χ3v) is 4.90. The van der Waals surface area contributed by atoms with Gasteiger partial charge >= 0.3 is 0 Å². The molecule has 2 rings (SSSR count). The number of piperidine rings is 1. The van der Waals surface area contributed by atoms with E-state index in [1.807, 2.05) is 0 Å². The van der Waals surface area contributed by atoms with Crippen LogP contribution in [-0.4, -0.2) is 37.8 Å². The Balaban J connectivity index is 1.93. The monoisotopic (exact) mass is 299 g/mol. The van der Waals surface area contributed by atoms with Crippen LogP contribution in [0.25, 0.3) is 0 Å². The SMILES string of the molecule is O=C(NNS(=O)(=O)C1CCNCC1)c1ccc(O)cc1. The van der Waals surface area contributed by atoms with Crippen molar-refractivity contribution in [2.45, 2.75) is 18.1 Å².